The molecule has 0 radical (unpaired) electrons. The number of hydrogen-bond donors (Lipinski definition) is 2. The second-order valence-corrected chi connectivity index (χ2v) is 12.2. The monoisotopic (exact) mass is 561 g/mol. The molecule has 3 amide bonds. The highest BCUT2D eigenvalue weighted by molar-refractivity contribution is 6.42. The smallest absolute Gasteiger partial charge is 0.246 e. The first-order valence-electron chi connectivity index (χ1n) is 14.0. The molecule has 0 unspecified atom stereocenters. The first-order valence-corrected chi connectivity index (χ1v) is 14.7. The van der Waals surface area contributed by atoms with Crippen LogP contribution in [0.2, 0.25) is 10.0 Å². The summed E-state index contributed by atoms with van der Waals surface area (Å²) in [4.78, 5) is 43.3. The zero-order valence-corrected chi connectivity index (χ0v) is 23.6. The van der Waals surface area contributed by atoms with Crippen LogP contribution in [0.5, 0.6) is 0 Å². The van der Waals surface area contributed by atoms with Gasteiger partial charge in [-0.3, -0.25) is 14.4 Å². The highest BCUT2D eigenvalue weighted by Crippen LogP contribution is 2.59. The number of nitrogens with one attached hydrogen (secondary N) is 2. The molecule has 1 aliphatic carbocycles. The van der Waals surface area contributed by atoms with E-state index < -0.39 is 29.1 Å². The largest absolute Gasteiger partial charge is 0.356 e. The summed E-state index contributed by atoms with van der Waals surface area (Å²) in [6.45, 7) is 4.43. The second kappa shape index (κ2) is 10.8. The van der Waals surface area contributed by atoms with Gasteiger partial charge in [0.2, 0.25) is 17.7 Å². The number of halogens is 2. The third-order valence-electron chi connectivity index (χ3n) is 8.72. The number of rotatable bonds is 9. The van der Waals surface area contributed by atoms with Gasteiger partial charge in [0.1, 0.15) is 11.6 Å². The molecule has 1 spiro atoms. The van der Waals surface area contributed by atoms with Crippen molar-refractivity contribution < 1.29 is 19.1 Å². The lowest BCUT2D eigenvalue weighted by Gasteiger charge is -2.34. The van der Waals surface area contributed by atoms with Crippen LogP contribution in [0.1, 0.15) is 71.6 Å². The summed E-state index contributed by atoms with van der Waals surface area (Å²) < 4.78 is 6.59. The van der Waals surface area contributed by atoms with Gasteiger partial charge < -0.3 is 20.3 Å². The number of nitrogens with zero attached hydrogens (tertiary/aromatic N) is 1. The van der Waals surface area contributed by atoms with E-state index in [0.717, 1.165) is 51.4 Å². The zero-order valence-electron chi connectivity index (χ0n) is 22.1. The lowest BCUT2D eigenvalue weighted by molar-refractivity contribution is -0.144. The Morgan fingerprint density at radius 2 is 1.82 bits per heavy atom. The number of unbranched alkanes of at least 4 members (excludes halogenated alkanes) is 3. The van der Waals surface area contributed by atoms with Crippen LogP contribution in [0.15, 0.2) is 30.4 Å². The normalized spacial score (nSPS) is 32.1. The SMILES string of the molecule is CCCCCCN1C(=O)[C@H]2[C@H](C(=O)Nc3ccc(Cl)c(Cl)c3)[C@@]3(C)C=C[C@@]2(O3)[C@@H]1C(=O)NC1CCCCC1. The third kappa shape index (κ3) is 4.75. The van der Waals surface area contributed by atoms with Crippen LogP contribution in [0, 0.1) is 11.8 Å². The molecule has 2 N–H and O–H groups in total. The van der Waals surface area contributed by atoms with Crippen molar-refractivity contribution in [2.24, 2.45) is 11.8 Å². The average molecular weight is 563 g/mol. The van der Waals surface area contributed by atoms with Crippen molar-refractivity contribution in [2.75, 3.05) is 11.9 Å². The molecule has 0 aromatic heterocycles. The highest BCUT2D eigenvalue weighted by Gasteiger charge is 2.76. The molecule has 5 atom stereocenters. The molecule has 9 heteroatoms. The lowest BCUT2D eigenvalue weighted by atomic mass is 9.70. The van der Waals surface area contributed by atoms with Gasteiger partial charge in [0.25, 0.3) is 0 Å². The van der Waals surface area contributed by atoms with Crippen LogP contribution in [-0.2, 0) is 19.1 Å². The number of carbonyl (C=O) groups excluding carboxylic acids is 3. The molecule has 7 nitrogen and oxygen atoms in total. The van der Waals surface area contributed by atoms with Crippen LogP contribution >= 0.6 is 23.2 Å². The molecule has 3 aliphatic heterocycles. The molecule has 38 heavy (non-hydrogen) atoms. The quantitative estimate of drug-likeness (QED) is 0.307. The summed E-state index contributed by atoms with van der Waals surface area (Å²) in [6, 6.07) is 4.18. The predicted octanol–water partition coefficient (Wildman–Crippen LogP) is 5.50. The van der Waals surface area contributed by atoms with E-state index in [1.54, 1.807) is 23.1 Å². The number of amides is 3. The van der Waals surface area contributed by atoms with Crippen LogP contribution < -0.4 is 10.6 Å². The maximum Gasteiger partial charge on any atom is 0.246 e. The molecular formula is C29H37Cl2N3O4. The number of hydrogen-bond acceptors (Lipinski definition) is 4. The summed E-state index contributed by atoms with van der Waals surface area (Å²) in [6.07, 6.45) is 12.9. The Morgan fingerprint density at radius 3 is 2.53 bits per heavy atom. The molecule has 3 heterocycles. The number of fused-ring (bicyclic) bond motifs is 1. The van der Waals surface area contributed by atoms with Crippen molar-refractivity contribution in [3.05, 3.63) is 40.4 Å². The molecule has 2 saturated heterocycles. The fourth-order valence-electron chi connectivity index (χ4n) is 6.90. The van der Waals surface area contributed by atoms with Gasteiger partial charge in [0.05, 0.1) is 27.5 Å². The topological polar surface area (TPSA) is 87.7 Å². The summed E-state index contributed by atoms with van der Waals surface area (Å²) in [7, 11) is 0. The second-order valence-electron chi connectivity index (χ2n) is 11.4. The van der Waals surface area contributed by atoms with E-state index in [9.17, 15) is 14.4 Å². The van der Waals surface area contributed by atoms with Gasteiger partial charge in [0, 0.05) is 18.3 Å². The minimum atomic E-state index is -1.17. The van der Waals surface area contributed by atoms with E-state index in [0.29, 0.717) is 22.3 Å². The van der Waals surface area contributed by atoms with E-state index in [-0.39, 0.29) is 23.8 Å². The fourth-order valence-corrected chi connectivity index (χ4v) is 7.20. The number of carbonyl (C=O) groups is 3. The Bertz CT molecular complexity index is 1140. The number of likely N-dealkylation sites (tertiary alicyclic amines) is 1. The Labute approximate surface area is 234 Å². The van der Waals surface area contributed by atoms with Crippen molar-refractivity contribution in [1.29, 1.82) is 0 Å². The first kappa shape index (κ1) is 27.5. The van der Waals surface area contributed by atoms with Crippen molar-refractivity contribution >= 4 is 46.6 Å². The number of benzene rings is 1. The molecule has 3 fully saturated rings. The molecule has 1 saturated carbocycles. The van der Waals surface area contributed by atoms with Gasteiger partial charge in [-0.1, -0.05) is 80.8 Å². The minimum absolute atomic E-state index is 0.107. The zero-order chi connectivity index (χ0) is 27.1. The van der Waals surface area contributed by atoms with Crippen molar-refractivity contribution in [2.45, 2.75) is 94.9 Å². The summed E-state index contributed by atoms with van der Waals surface area (Å²) in [5, 5.41) is 6.86. The van der Waals surface area contributed by atoms with Gasteiger partial charge in [-0.2, -0.15) is 0 Å². The van der Waals surface area contributed by atoms with Crippen LogP contribution in [0.3, 0.4) is 0 Å². The van der Waals surface area contributed by atoms with E-state index >= 15 is 0 Å². The van der Waals surface area contributed by atoms with Crippen molar-refractivity contribution in [1.82, 2.24) is 10.2 Å². The summed E-state index contributed by atoms with van der Waals surface area (Å²) in [5.74, 6) is -2.28. The Morgan fingerprint density at radius 1 is 1.05 bits per heavy atom. The fraction of sp³-hybridized carbons (Fsp3) is 0.621. The molecule has 206 valence electrons. The van der Waals surface area contributed by atoms with E-state index in [2.05, 4.69) is 17.6 Å². The van der Waals surface area contributed by atoms with Crippen LogP contribution in [0.25, 0.3) is 0 Å². The highest BCUT2D eigenvalue weighted by atomic mass is 35.5. The Balaban J connectivity index is 1.44. The van der Waals surface area contributed by atoms with E-state index in [1.807, 2.05) is 19.1 Å². The van der Waals surface area contributed by atoms with Crippen LogP contribution in [-0.4, -0.2) is 52.5 Å². The van der Waals surface area contributed by atoms with Crippen molar-refractivity contribution in [3.8, 4) is 0 Å². The molecular weight excluding hydrogens is 525 g/mol. The van der Waals surface area contributed by atoms with Gasteiger partial charge in [0.15, 0.2) is 0 Å². The van der Waals surface area contributed by atoms with Gasteiger partial charge in [-0.25, -0.2) is 0 Å². The van der Waals surface area contributed by atoms with E-state index in [4.69, 9.17) is 27.9 Å². The molecule has 1 aromatic rings. The number of ether oxygens (including phenoxy) is 1. The summed E-state index contributed by atoms with van der Waals surface area (Å²) >= 11 is 12.2. The van der Waals surface area contributed by atoms with Gasteiger partial charge in [-0.05, 0) is 44.4 Å². The molecule has 4 aliphatic rings. The lowest BCUT2D eigenvalue weighted by Crippen LogP contribution is -2.56. The van der Waals surface area contributed by atoms with Gasteiger partial charge in [-0.15, -0.1) is 0 Å². The standard InChI is InChI=1S/C29H37Cl2N3O4/c1-3-4-5-9-16-34-24(26(36)32-18-10-7-6-8-11-18)29-15-14-28(2,38-29)22(23(29)27(34)37)25(35)33-19-12-13-20(30)21(31)17-19/h12-15,17-18,22-24H,3-11,16H2,1-2H3,(H,32,36)(H,33,35)/t22-,23-,24+,28-,29+/m1/s1. The molecule has 2 bridgehead atoms. The average Bonchev–Trinajstić information content (AvgIpc) is 3.45. The molecule has 1 aromatic carbocycles. The third-order valence-corrected chi connectivity index (χ3v) is 9.46. The summed E-state index contributed by atoms with van der Waals surface area (Å²) in [5.41, 5.74) is -1.69. The maximum absolute atomic E-state index is 14.1. The minimum Gasteiger partial charge on any atom is -0.356 e. The van der Waals surface area contributed by atoms with Crippen LogP contribution in [0.4, 0.5) is 5.69 Å². The number of anilines is 1. The first-order chi connectivity index (χ1) is 18.2. The Kier molecular flexibility index (Phi) is 7.82. The Hall–Kier alpha value is -2.09. The van der Waals surface area contributed by atoms with Gasteiger partial charge >= 0.3 is 0 Å². The maximum atomic E-state index is 14.1. The predicted molar refractivity (Wildman–Crippen MR) is 148 cm³/mol. The van der Waals surface area contributed by atoms with E-state index in [1.165, 1.54) is 6.42 Å². The molecule has 5 rings (SSSR count). The van der Waals surface area contributed by atoms with Crippen molar-refractivity contribution in [3.63, 3.8) is 0 Å².